The first kappa shape index (κ1) is 52.7. The van der Waals surface area contributed by atoms with Crippen LogP contribution in [0.1, 0.15) is 84.4 Å². The molecule has 0 amide bonds. The first-order chi connectivity index (χ1) is 37.2. The molecule has 1 aliphatic rings. The predicted molar refractivity (Wildman–Crippen MR) is 312 cm³/mol. The molecule has 3 heterocycles. The Balaban J connectivity index is 0.000000174. The van der Waals surface area contributed by atoms with E-state index in [0.29, 0.717) is 11.3 Å². The molecule has 0 N–H and O–H groups in total. The molecule has 77 heavy (non-hydrogen) atoms. The number of rotatable bonds is 13. The van der Waals surface area contributed by atoms with E-state index in [1.165, 1.54) is 75.8 Å². The van der Waals surface area contributed by atoms with Crippen LogP contribution in [0.3, 0.4) is 0 Å². The zero-order chi connectivity index (χ0) is 51.8. The minimum atomic E-state index is 0. The largest absolute Gasteiger partial charge is 0.510 e. The van der Waals surface area contributed by atoms with Crippen LogP contribution in [0.4, 0.5) is 0 Å². The summed E-state index contributed by atoms with van der Waals surface area (Å²) >= 11 is 0. The molecule has 3 aromatic heterocycles. The minimum absolute atomic E-state index is 0. The molecule has 1 fully saturated rings. The number of furan rings is 1. The molecule has 0 saturated heterocycles. The normalized spacial score (nSPS) is 13.1. The second-order valence-electron chi connectivity index (χ2n) is 21.2. The van der Waals surface area contributed by atoms with Crippen molar-refractivity contribution in [1.29, 1.82) is 0 Å². The molecule has 11 aromatic rings. The van der Waals surface area contributed by atoms with Gasteiger partial charge in [-0.2, -0.15) is 35.9 Å². The third-order valence-corrected chi connectivity index (χ3v) is 15.2. The first-order valence-electron chi connectivity index (χ1n) is 26.8. The molecule has 0 bridgehead atoms. The van der Waals surface area contributed by atoms with Gasteiger partial charge in [-0.15, -0.1) is 88.5 Å². The maximum Gasteiger partial charge on any atom is 0.127 e. The van der Waals surface area contributed by atoms with E-state index in [1.54, 1.807) is 0 Å². The molecule has 12 rings (SSSR count). The number of hydrogen-bond acceptors (Lipinski definition) is 4. The molecule has 1 aliphatic carbocycles. The smallest absolute Gasteiger partial charge is 0.127 e. The van der Waals surface area contributed by atoms with Gasteiger partial charge in [0.05, 0.1) is 0 Å². The number of fused-ring (bicyclic) bond motifs is 3. The van der Waals surface area contributed by atoms with Crippen LogP contribution in [-0.2, 0) is 45.8 Å². The number of benzene rings is 8. The predicted octanol–water partition coefficient (Wildman–Crippen LogP) is 18.6. The molecular formula is C72H62IrN2O2-4. The van der Waals surface area contributed by atoms with Gasteiger partial charge in [0.25, 0.3) is 0 Å². The summed E-state index contributed by atoms with van der Waals surface area (Å²) in [6, 6.07) is 78.6. The van der Waals surface area contributed by atoms with Gasteiger partial charge in [-0.05, 0) is 151 Å². The van der Waals surface area contributed by atoms with Crippen LogP contribution < -0.4 is 4.74 Å². The Kier molecular flexibility index (Phi) is 16.5. The van der Waals surface area contributed by atoms with E-state index in [-0.39, 0.29) is 20.1 Å². The van der Waals surface area contributed by atoms with Crippen molar-refractivity contribution in [3.05, 3.63) is 264 Å². The SMILES string of the molecule is Cc1cc(C2CCC(C)(C)CC2)ccc1-c1cc(-c2[c-]ccc3c2oc2ccccc23)[c-]cc1C.[Ir].[c-]1ccccc1-c1cc(CCc2cccc(Oc3cccc(CCc4cc[c-]c(-c5ccccn5)c4)c3)c2)ccn1. The van der Waals surface area contributed by atoms with E-state index >= 15 is 0 Å². The summed E-state index contributed by atoms with van der Waals surface area (Å²) in [5, 5.41) is 2.27. The van der Waals surface area contributed by atoms with Crippen LogP contribution in [0.5, 0.6) is 11.5 Å². The number of nitrogens with zero attached hydrogens (tertiary/aromatic N) is 2. The van der Waals surface area contributed by atoms with E-state index in [9.17, 15) is 0 Å². The summed E-state index contributed by atoms with van der Waals surface area (Å²) in [5.41, 5.74) is 19.9. The topological polar surface area (TPSA) is 48.2 Å². The van der Waals surface area contributed by atoms with E-state index in [2.05, 4.69) is 171 Å². The van der Waals surface area contributed by atoms with Crippen molar-refractivity contribution in [2.75, 3.05) is 0 Å². The fraction of sp³-hybridized carbons (Fsp3) is 0.194. The Morgan fingerprint density at radius 2 is 1.21 bits per heavy atom. The van der Waals surface area contributed by atoms with Crippen LogP contribution in [0, 0.1) is 43.5 Å². The number of aryl methyl sites for hydroxylation is 6. The maximum absolute atomic E-state index is 6.29. The van der Waals surface area contributed by atoms with Crippen molar-refractivity contribution in [2.24, 2.45) is 5.41 Å². The van der Waals surface area contributed by atoms with Gasteiger partial charge in [0.2, 0.25) is 0 Å². The average Bonchev–Trinajstić information content (AvgIpc) is 3.86. The van der Waals surface area contributed by atoms with E-state index in [0.717, 1.165) is 92.8 Å². The van der Waals surface area contributed by atoms with Crippen molar-refractivity contribution in [1.82, 2.24) is 9.97 Å². The molecule has 0 aliphatic heterocycles. The van der Waals surface area contributed by atoms with Gasteiger partial charge in [-0.1, -0.05) is 111 Å². The molecule has 1 saturated carbocycles. The van der Waals surface area contributed by atoms with E-state index in [1.807, 2.05) is 91.3 Å². The molecular weight excluding hydrogens is 1120 g/mol. The molecule has 1 radical (unpaired) electrons. The molecule has 0 atom stereocenters. The second-order valence-corrected chi connectivity index (χ2v) is 21.2. The Morgan fingerprint density at radius 3 is 1.94 bits per heavy atom. The van der Waals surface area contributed by atoms with Gasteiger partial charge in [-0.25, -0.2) is 5.56 Å². The quantitative estimate of drug-likeness (QED) is 0.108. The van der Waals surface area contributed by atoms with Gasteiger partial charge < -0.3 is 19.1 Å². The van der Waals surface area contributed by atoms with Crippen LogP contribution in [0.2, 0.25) is 0 Å². The van der Waals surface area contributed by atoms with Crippen molar-refractivity contribution >= 4 is 21.9 Å². The standard InChI is InChI=1S/C38H30N2O.C34H32O.Ir/c1-2-12-33(13-3-1)38-28-32(22-24-40-38)21-20-31-11-8-16-36(27-31)41-35-15-7-10-30(26-35)19-18-29-9-6-14-34(25-29)37-17-4-5-23-39-37;1-22-12-13-26(28-9-7-10-30-29-8-5-6-11-32(29)35-33(28)30)21-31(22)27-15-14-25(20-23(27)2)24-16-18-34(3,4)19-17-24;/h1-12,15-17,22-28H,18-21H2;5-8,10-12,14-15,20-21,24H,16-19H2,1-4H3;/q2*-2;. The zero-order valence-electron chi connectivity index (χ0n) is 44.3. The monoisotopic (exact) mass is 1180 g/mol. The zero-order valence-corrected chi connectivity index (χ0v) is 46.7. The van der Waals surface area contributed by atoms with Crippen LogP contribution in [0.25, 0.3) is 66.7 Å². The number of pyridine rings is 2. The average molecular weight is 1180 g/mol. The number of hydrogen-bond donors (Lipinski definition) is 0. The maximum atomic E-state index is 6.29. The van der Waals surface area contributed by atoms with Gasteiger partial charge in [0, 0.05) is 43.5 Å². The summed E-state index contributed by atoms with van der Waals surface area (Å²) in [6.07, 6.45) is 12.7. The number of para-hydroxylation sites is 1. The molecule has 385 valence electrons. The summed E-state index contributed by atoms with van der Waals surface area (Å²) < 4.78 is 12.6. The minimum Gasteiger partial charge on any atom is -0.510 e. The van der Waals surface area contributed by atoms with Gasteiger partial charge in [0.15, 0.2) is 0 Å². The second kappa shape index (κ2) is 24.1. The van der Waals surface area contributed by atoms with Crippen molar-refractivity contribution < 1.29 is 29.3 Å². The summed E-state index contributed by atoms with van der Waals surface area (Å²) in [4.78, 5) is 8.98. The van der Waals surface area contributed by atoms with Crippen molar-refractivity contribution in [2.45, 2.75) is 85.0 Å². The van der Waals surface area contributed by atoms with Gasteiger partial charge in [0.1, 0.15) is 17.1 Å². The number of aromatic nitrogens is 2. The van der Waals surface area contributed by atoms with Crippen LogP contribution in [-0.4, -0.2) is 9.97 Å². The Hall–Kier alpha value is -7.69. The number of ether oxygens (including phenoxy) is 1. The third kappa shape index (κ3) is 12.8. The van der Waals surface area contributed by atoms with Crippen LogP contribution in [0.15, 0.2) is 205 Å². The first-order valence-corrected chi connectivity index (χ1v) is 26.8. The Labute approximate surface area is 468 Å². The van der Waals surface area contributed by atoms with E-state index in [4.69, 9.17) is 9.15 Å². The third-order valence-electron chi connectivity index (χ3n) is 15.2. The fourth-order valence-corrected chi connectivity index (χ4v) is 10.8. The van der Waals surface area contributed by atoms with Crippen LogP contribution >= 0.6 is 0 Å². The van der Waals surface area contributed by atoms with Crippen molar-refractivity contribution in [3.63, 3.8) is 0 Å². The van der Waals surface area contributed by atoms with Gasteiger partial charge >= 0.3 is 0 Å². The Bertz CT molecular complexity index is 3630. The summed E-state index contributed by atoms with van der Waals surface area (Å²) in [6.45, 7) is 9.26. The Morgan fingerprint density at radius 1 is 0.519 bits per heavy atom. The van der Waals surface area contributed by atoms with E-state index < -0.39 is 0 Å². The molecule has 8 aromatic carbocycles. The van der Waals surface area contributed by atoms with Crippen molar-refractivity contribution in [3.8, 4) is 56.3 Å². The molecule has 0 spiro atoms. The molecule has 5 heteroatoms. The summed E-state index contributed by atoms with van der Waals surface area (Å²) in [5.74, 6) is 2.40. The fourth-order valence-electron chi connectivity index (χ4n) is 10.8. The van der Waals surface area contributed by atoms with Gasteiger partial charge in [-0.3, -0.25) is 0 Å². The molecule has 0 unspecified atom stereocenters. The summed E-state index contributed by atoms with van der Waals surface area (Å²) in [7, 11) is 0. The molecule has 4 nitrogen and oxygen atoms in total.